The first-order valence-corrected chi connectivity index (χ1v) is 6.13. The van der Waals surface area contributed by atoms with Crippen LogP contribution < -0.4 is 0 Å². The van der Waals surface area contributed by atoms with Gasteiger partial charge in [-0.15, -0.1) is 0 Å². The molecular formula is C15H17NO. The van der Waals surface area contributed by atoms with Crippen molar-refractivity contribution >= 4 is 0 Å². The first-order chi connectivity index (χ1) is 8.25. The Bertz CT molecular complexity index is 529. The number of benzene rings is 1. The summed E-state index contributed by atoms with van der Waals surface area (Å²) in [6.45, 7) is 0. The summed E-state index contributed by atoms with van der Waals surface area (Å²) in [6, 6.07) is 12.7. The molecule has 3 rings (SSSR count). The van der Waals surface area contributed by atoms with Crippen LogP contribution in [0.1, 0.15) is 29.2 Å². The van der Waals surface area contributed by atoms with Gasteiger partial charge in [0.25, 0.3) is 0 Å². The standard InChI is InChI=1S/C15H17NO/c1-16-8-4-7-15(16)14-10-12(17)9-11-5-2-3-6-13(11)14/h2-8,12,14,17H,9-10H2,1H3. The van der Waals surface area contributed by atoms with E-state index in [2.05, 4.69) is 54.2 Å². The molecule has 0 amide bonds. The van der Waals surface area contributed by atoms with Crippen LogP contribution in [0.2, 0.25) is 0 Å². The van der Waals surface area contributed by atoms with Gasteiger partial charge in [0.1, 0.15) is 0 Å². The predicted molar refractivity (Wildman–Crippen MR) is 68.0 cm³/mol. The molecule has 2 unspecified atom stereocenters. The smallest absolute Gasteiger partial charge is 0.0590 e. The first kappa shape index (κ1) is 10.6. The van der Waals surface area contributed by atoms with Gasteiger partial charge in [0.05, 0.1) is 6.10 Å². The molecule has 88 valence electrons. The summed E-state index contributed by atoms with van der Waals surface area (Å²) in [5.41, 5.74) is 3.95. The summed E-state index contributed by atoms with van der Waals surface area (Å²) < 4.78 is 2.15. The van der Waals surface area contributed by atoms with Crippen molar-refractivity contribution < 1.29 is 5.11 Å². The van der Waals surface area contributed by atoms with Crippen molar-refractivity contribution in [2.45, 2.75) is 24.9 Å². The fourth-order valence-electron chi connectivity index (χ4n) is 2.91. The number of fused-ring (bicyclic) bond motifs is 1. The largest absolute Gasteiger partial charge is 0.393 e. The molecule has 2 atom stereocenters. The van der Waals surface area contributed by atoms with Crippen molar-refractivity contribution in [1.82, 2.24) is 4.57 Å². The molecule has 2 nitrogen and oxygen atoms in total. The SMILES string of the molecule is Cn1cccc1C1CC(O)Cc2ccccc21. The number of aromatic nitrogens is 1. The third-order valence-corrected chi connectivity index (χ3v) is 3.73. The highest BCUT2D eigenvalue weighted by Gasteiger charge is 2.27. The van der Waals surface area contributed by atoms with Gasteiger partial charge < -0.3 is 9.67 Å². The molecule has 1 aromatic carbocycles. The van der Waals surface area contributed by atoms with Crippen molar-refractivity contribution in [1.29, 1.82) is 0 Å². The van der Waals surface area contributed by atoms with Crippen LogP contribution in [-0.2, 0) is 13.5 Å². The Morgan fingerprint density at radius 2 is 2.00 bits per heavy atom. The van der Waals surface area contributed by atoms with E-state index in [1.807, 2.05) is 0 Å². The number of hydrogen-bond acceptors (Lipinski definition) is 1. The van der Waals surface area contributed by atoms with E-state index in [9.17, 15) is 5.11 Å². The Balaban J connectivity index is 2.10. The molecule has 0 radical (unpaired) electrons. The third kappa shape index (κ3) is 1.79. The van der Waals surface area contributed by atoms with E-state index in [-0.39, 0.29) is 6.10 Å². The highest BCUT2D eigenvalue weighted by Crippen LogP contribution is 2.36. The fraction of sp³-hybridized carbons (Fsp3) is 0.333. The fourth-order valence-corrected chi connectivity index (χ4v) is 2.91. The van der Waals surface area contributed by atoms with Gasteiger partial charge in [-0.1, -0.05) is 24.3 Å². The second-order valence-electron chi connectivity index (χ2n) is 4.89. The molecule has 0 bridgehead atoms. The Kier molecular flexibility index (Phi) is 2.52. The number of rotatable bonds is 1. The van der Waals surface area contributed by atoms with E-state index in [4.69, 9.17) is 0 Å². The highest BCUT2D eigenvalue weighted by molar-refractivity contribution is 5.39. The molecule has 1 aliphatic rings. The summed E-state index contributed by atoms with van der Waals surface area (Å²) in [5.74, 6) is 0.329. The maximum Gasteiger partial charge on any atom is 0.0590 e. The zero-order chi connectivity index (χ0) is 11.8. The lowest BCUT2D eigenvalue weighted by molar-refractivity contribution is 0.151. The molecule has 17 heavy (non-hydrogen) atoms. The van der Waals surface area contributed by atoms with E-state index < -0.39 is 0 Å². The lowest BCUT2D eigenvalue weighted by Crippen LogP contribution is -2.24. The normalized spacial score (nSPS) is 23.4. The van der Waals surface area contributed by atoms with Crippen molar-refractivity contribution in [2.24, 2.45) is 7.05 Å². The van der Waals surface area contributed by atoms with Crippen LogP contribution in [0.3, 0.4) is 0 Å². The van der Waals surface area contributed by atoms with E-state index in [1.165, 1.54) is 16.8 Å². The molecule has 0 aliphatic heterocycles. The topological polar surface area (TPSA) is 25.2 Å². The second-order valence-corrected chi connectivity index (χ2v) is 4.89. The maximum absolute atomic E-state index is 10.0. The second kappa shape index (κ2) is 4.04. The van der Waals surface area contributed by atoms with Gasteiger partial charge in [-0.3, -0.25) is 0 Å². The van der Waals surface area contributed by atoms with Crippen LogP contribution in [0.5, 0.6) is 0 Å². The quantitative estimate of drug-likeness (QED) is 0.795. The highest BCUT2D eigenvalue weighted by atomic mass is 16.3. The summed E-state index contributed by atoms with van der Waals surface area (Å²) >= 11 is 0. The maximum atomic E-state index is 10.0. The summed E-state index contributed by atoms with van der Waals surface area (Å²) in [6.07, 6.45) is 3.47. The average Bonchev–Trinajstić information content (AvgIpc) is 2.74. The Morgan fingerprint density at radius 3 is 2.76 bits per heavy atom. The zero-order valence-electron chi connectivity index (χ0n) is 10.0. The number of aliphatic hydroxyl groups excluding tert-OH is 1. The summed E-state index contributed by atoms with van der Waals surface area (Å²) in [5, 5.41) is 10.0. The molecular weight excluding hydrogens is 210 g/mol. The van der Waals surface area contributed by atoms with E-state index >= 15 is 0 Å². The van der Waals surface area contributed by atoms with Crippen molar-refractivity contribution in [3.8, 4) is 0 Å². The molecule has 0 saturated heterocycles. The first-order valence-electron chi connectivity index (χ1n) is 6.13. The van der Waals surface area contributed by atoms with Crippen molar-refractivity contribution in [2.75, 3.05) is 0 Å². The molecule has 0 saturated carbocycles. The lowest BCUT2D eigenvalue weighted by Gasteiger charge is -2.29. The summed E-state index contributed by atoms with van der Waals surface area (Å²) in [4.78, 5) is 0. The Morgan fingerprint density at radius 1 is 1.18 bits per heavy atom. The lowest BCUT2D eigenvalue weighted by atomic mass is 9.79. The summed E-state index contributed by atoms with van der Waals surface area (Å²) in [7, 11) is 2.07. The van der Waals surface area contributed by atoms with Crippen molar-refractivity contribution in [3.63, 3.8) is 0 Å². The van der Waals surface area contributed by atoms with Gasteiger partial charge in [0.2, 0.25) is 0 Å². The molecule has 1 aliphatic carbocycles. The van der Waals surface area contributed by atoms with E-state index in [0.29, 0.717) is 5.92 Å². The van der Waals surface area contributed by atoms with Crippen LogP contribution in [0.15, 0.2) is 42.6 Å². The molecule has 2 heteroatoms. The van der Waals surface area contributed by atoms with Gasteiger partial charge >= 0.3 is 0 Å². The van der Waals surface area contributed by atoms with Gasteiger partial charge in [0.15, 0.2) is 0 Å². The third-order valence-electron chi connectivity index (χ3n) is 3.73. The van der Waals surface area contributed by atoms with Gasteiger partial charge in [-0.05, 0) is 36.1 Å². The van der Waals surface area contributed by atoms with Crippen LogP contribution in [-0.4, -0.2) is 15.8 Å². The molecule has 0 fully saturated rings. The number of aryl methyl sites for hydroxylation is 1. The predicted octanol–water partition coefficient (Wildman–Crippen LogP) is 2.46. The van der Waals surface area contributed by atoms with Crippen LogP contribution in [0, 0.1) is 0 Å². The molecule has 1 N–H and O–H groups in total. The molecule has 0 spiro atoms. The Hall–Kier alpha value is -1.54. The van der Waals surface area contributed by atoms with Crippen LogP contribution in [0.4, 0.5) is 0 Å². The monoisotopic (exact) mass is 227 g/mol. The van der Waals surface area contributed by atoms with Crippen LogP contribution in [0.25, 0.3) is 0 Å². The minimum atomic E-state index is -0.218. The van der Waals surface area contributed by atoms with Crippen LogP contribution >= 0.6 is 0 Å². The number of nitrogens with zero attached hydrogens (tertiary/aromatic N) is 1. The minimum Gasteiger partial charge on any atom is -0.393 e. The zero-order valence-corrected chi connectivity index (χ0v) is 10.0. The van der Waals surface area contributed by atoms with Gasteiger partial charge in [0, 0.05) is 24.9 Å². The van der Waals surface area contributed by atoms with E-state index in [1.54, 1.807) is 0 Å². The number of hydrogen-bond donors (Lipinski definition) is 1. The Labute approximate surface area is 102 Å². The number of aliphatic hydroxyl groups is 1. The van der Waals surface area contributed by atoms with Gasteiger partial charge in [-0.2, -0.15) is 0 Å². The molecule has 1 heterocycles. The van der Waals surface area contributed by atoms with Gasteiger partial charge in [-0.25, -0.2) is 0 Å². The van der Waals surface area contributed by atoms with E-state index in [0.717, 1.165) is 12.8 Å². The minimum absolute atomic E-state index is 0.218. The molecule has 2 aromatic rings. The van der Waals surface area contributed by atoms with Crippen molar-refractivity contribution in [3.05, 3.63) is 59.4 Å². The average molecular weight is 227 g/mol. The molecule has 1 aromatic heterocycles.